The second kappa shape index (κ2) is 6.05. The largest absolute Gasteiger partial charge is 0.494 e. The van der Waals surface area contributed by atoms with Crippen molar-refractivity contribution in [2.45, 2.75) is 19.9 Å². The van der Waals surface area contributed by atoms with Gasteiger partial charge in [-0.1, -0.05) is 12.1 Å². The van der Waals surface area contributed by atoms with Crippen LogP contribution in [0, 0.1) is 0 Å². The van der Waals surface area contributed by atoms with Gasteiger partial charge in [-0.15, -0.1) is 5.10 Å². The second-order valence-electron chi connectivity index (χ2n) is 4.11. The summed E-state index contributed by atoms with van der Waals surface area (Å²) in [5, 5.41) is 11.2. The van der Waals surface area contributed by atoms with E-state index < -0.39 is 0 Å². The van der Waals surface area contributed by atoms with E-state index in [4.69, 9.17) is 4.74 Å². The van der Waals surface area contributed by atoms with E-state index >= 15 is 0 Å². The van der Waals surface area contributed by atoms with E-state index in [2.05, 4.69) is 22.6 Å². The average molecular weight is 246 g/mol. The van der Waals surface area contributed by atoms with Crippen LogP contribution < -0.4 is 10.1 Å². The summed E-state index contributed by atoms with van der Waals surface area (Å²) in [6, 6.07) is 7.94. The highest BCUT2D eigenvalue weighted by Crippen LogP contribution is 2.16. The summed E-state index contributed by atoms with van der Waals surface area (Å²) < 4.78 is 7.22. The smallest absolute Gasteiger partial charge is 0.119 e. The van der Waals surface area contributed by atoms with Gasteiger partial charge in [0, 0.05) is 18.9 Å². The zero-order valence-electron chi connectivity index (χ0n) is 10.8. The maximum atomic E-state index is 5.52. The highest BCUT2D eigenvalue weighted by Gasteiger charge is 1.99. The minimum Gasteiger partial charge on any atom is -0.494 e. The molecule has 0 atom stereocenters. The maximum absolute atomic E-state index is 5.52. The Morgan fingerprint density at radius 1 is 1.28 bits per heavy atom. The fourth-order valence-electron chi connectivity index (χ4n) is 1.56. The molecule has 0 fully saturated rings. The monoisotopic (exact) mass is 246 g/mol. The quantitative estimate of drug-likeness (QED) is 0.849. The standard InChI is InChI=1S/C13H18N4O/c1-3-8-18-13-6-4-11(5-7-13)14-9-12-10-17(2)16-15-12/h4-7,10,14H,3,8-9H2,1-2H3. The van der Waals surface area contributed by atoms with Gasteiger partial charge in [0.15, 0.2) is 0 Å². The van der Waals surface area contributed by atoms with Crippen molar-refractivity contribution in [3.63, 3.8) is 0 Å². The van der Waals surface area contributed by atoms with Crippen LogP contribution >= 0.6 is 0 Å². The molecule has 0 unspecified atom stereocenters. The fourth-order valence-corrected chi connectivity index (χ4v) is 1.56. The summed E-state index contributed by atoms with van der Waals surface area (Å²) in [7, 11) is 1.86. The Hall–Kier alpha value is -2.04. The lowest BCUT2D eigenvalue weighted by Crippen LogP contribution is -2.00. The lowest BCUT2D eigenvalue weighted by atomic mass is 10.3. The first-order chi connectivity index (χ1) is 8.78. The Balaban J connectivity index is 1.86. The number of hydrogen-bond acceptors (Lipinski definition) is 4. The molecule has 0 aliphatic heterocycles. The first-order valence-corrected chi connectivity index (χ1v) is 6.10. The number of rotatable bonds is 6. The zero-order chi connectivity index (χ0) is 12.8. The highest BCUT2D eigenvalue weighted by atomic mass is 16.5. The molecule has 5 nitrogen and oxygen atoms in total. The van der Waals surface area contributed by atoms with E-state index in [-0.39, 0.29) is 0 Å². The molecule has 5 heteroatoms. The molecular weight excluding hydrogens is 228 g/mol. The molecule has 2 rings (SSSR count). The molecule has 0 aliphatic carbocycles. The van der Waals surface area contributed by atoms with Gasteiger partial charge in [0.2, 0.25) is 0 Å². The Morgan fingerprint density at radius 2 is 2.06 bits per heavy atom. The third-order valence-corrected chi connectivity index (χ3v) is 2.45. The van der Waals surface area contributed by atoms with Crippen molar-refractivity contribution in [2.75, 3.05) is 11.9 Å². The molecule has 96 valence electrons. The molecule has 18 heavy (non-hydrogen) atoms. The van der Waals surface area contributed by atoms with Crippen molar-refractivity contribution in [2.24, 2.45) is 7.05 Å². The van der Waals surface area contributed by atoms with Crippen molar-refractivity contribution in [1.82, 2.24) is 15.0 Å². The van der Waals surface area contributed by atoms with Crippen LogP contribution in [0.3, 0.4) is 0 Å². The molecule has 0 aliphatic rings. The first kappa shape index (κ1) is 12.4. The van der Waals surface area contributed by atoms with Crippen LogP contribution in [0.1, 0.15) is 19.0 Å². The summed E-state index contributed by atoms with van der Waals surface area (Å²) in [5.41, 5.74) is 1.97. The van der Waals surface area contributed by atoms with E-state index in [0.29, 0.717) is 6.54 Å². The predicted octanol–water partition coefficient (Wildman–Crippen LogP) is 2.22. The number of nitrogens with one attached hydrogen (secondary N) is 1. The molecule has 1 aromatic heterocycles. The molecule has 2 aromatic rings. The van der Waals surface area contributed by atoms with Gasteiger partial charge < -0.3 is 10.1 Å². The number of aromatic nitrogens is 3. The van der Waals surface area contributed by atoms with Crippen LogP contribution in [0.25, 0.3) is 0 Å². The molecule has 0 radical (unpaired) electrons. The molecular formula is C13H18N4O. The van der Waals surface area contributed by atoms with E-state index in [1.165, 1.54) is 0 Å². The number of benzene rings is 1. The third-order valence-electron chi connectivity index (χ3n) is 2.45. The van der Waals surface area contributed by atoms with Gasteiger partial charge in [-0.3, -0.25) is 4.68 Å². The van der Waals surface area contributed by atoms with Gasteiger partial charge in [0.25, 0.3) is 0 Å². The third kappa shape index (κ3) is 3.48. The van der Waals surface area contributed by atoms with Crippen molar-refractivity contribution < 1.29 is 4.74 Å². The van der Waals surface area contributed by atoms with Gasteiger partial charge in [0.05, 0.1) is 13.2 Å². The van der Waals surface area contributed by atoms with E-state index in [1.54, 1.807) is 4.68 Å². The van der Waals surface area contributed by atoms with Gasteiger partial charge in [0.1, 0.15) is 11.4 Å². The highest BCUT2D eigenvalue weighted by molar-refractivity contribution is 5.46. The Labute approximate surface area is 107 Å². The summed E-state index contributed by atoms with van der Waals surface area (Å²) in [6.45, 7) is 3.52. The number of aryl methyl sites for hydroxylation is 1. The second-order valence-corrected chi connectivity index (χ2v) is 4.11. The van der Waals surface area contributed by atoms with Crippen LogP contribution in [0.4, 0.5) is 5.69 Å². The van der Waals surface area contributed by atoms with E-state index in [1.807, 2.05) is 37.5 Å². The van der Waals surface area contributed by atoms with Gasteiger partial charge in [-0.05, 0) is 30.7 Å². The minimum atomic E-state index is 0.670. The lowest BCUT2D eigenvalue weighted by Gasteiger charge is -2.07. The molecule has 0 spiro atoms. The Kier molecular flexibility index (Phi) is 4.17. The molecule has 1 N–H and O–H groups in total. The molecule has 0 bridgehead atoms. The van der Waals surface area contributed by atoms with Crippen molar-refractivity contribution in [3.05, 3.63) is 36.2 Å². The summed E-state index contributed by atoms with van der Waals surface area (Å²) in [6.07, 6.45) is 2.92. The van der Waals surface area contributed by atoms with Gasteiger partial charge in [-0.25, -0.2) is 0 Å². The predicted molar refractivity (Wildman–Crippen MR) is 70.6 cm³/mol. The summed E-state index contributed by atoms with van der Waals surface area (Å²) in [5.74, 6) is 0.905. The molecule has 0 saturated heterocycles. The maximum Gasteiger partial charge on any atom is 0.119 e. The molecule has 0 amide bonds. The van der Waals surface area contributed by atoms with Crippen LogP contribution in [0.5, 0.6) is 5.75 Å². The minimum absolute atomic E-state index is 0.670. The van der Waals surface area contributed by atoms with Gasteiger partial charge >= 0.3 is 0 Å². The fraction of sp³-hybridized carbons (Fsp3) is 0.385. The van der Waals surface area contributed by atoms with Crippen molar-refractivity contribution >= 4 is 5.69 Å². The zero-order valence-corrected chi connectivity index (χ0v) is 10.8. The number of anilines is 1. The lowest BCUT2D eigenvalue weighted by molar-refractivity contribution is 0.317. The van der Waals surface area contributed by atoms with E-state index in [0.717, 1.165) is 30.2 Å². The summed E-state index contributed by atoms with van der Waals surface area (Å²) in [4.78, 5) is 0. The number of ether oxygens (including phenoxy) is 1. The van der Waals surface area contributed by atoms with Crippen LogP contribution in [0.15, 0.2) is 30.5 Å². The molecule has 0 saturated carbocycles. The van der Waals surface area contributed by atoms with Crippen LogP contribution in [0.2, 0.25) is 0 Å². The Bertz CT molecular complexity index is 478. The summed E-state index contributed by atoms with van der Waals surface area (Å²) >= 11 is 0. The first-order valence-electron chi connectivity index (χ1n) is 6.10. The van der Waals surface area contributed by atoms with Crippen molar-refractivity contribution in [3.8, 4) is 5.75 Å². The SMILES string of the molecule is CCCOc1ccc(NCc2cn(C)nn2)cc1. The number of hydrogen-bond donors (Lipinski definition) is 1. The van der Waals surface area contributed by atoms with Crippen LogP contribution in [-0.4, -0.2) is 21.6 Å². The van der Waals surface area contributed by atoms with Crippen LogP contribution in [-0.2, 0) is 13.6 Å². The number of nitrogens with zero attached hydrogens (tertiary/aromatic N) is 3. The van der Waals surface area contributed by atoms with Crippen molar-refractivity contribution in [1.29, 1.82) is 0 Å². The van der Waals surface area contributed by atoms with Gasteiger partial charge in [-0.2, -0.15) is 0 Å². The Morgan fingerprint density at radius 3 is 2.67 bits per heavy atom. The normalized spacial score (nSPS) is 10.3. The average Bonchev–Trinajstić information content (AvgIpc) is 2.81. The molecule has 1 heterocycles. The topological polar surface area (TPSA) is 52.0 Å². The van der Waals surface area contributed by atoms with E-state index in [9.17, 15) is 0 Å². The molecule has 1 aromatic carbocycles.